The van der Waals surface area contributed by atoms with Crippen LogP contribution in [0.4, 0.5) is 10.1 Å². The molecule has 2 aromatic carbocycles. The highest BCUT2D eigenvalue weighted by molar-refractivity contribution is 7.92. The minimum atomic E-state index is -3.84. The van der Waals surface area contributed by atoms with Crippen LogP contribution in [0.2, 0.25) is 0 Å². The summed E-state index contributed by atoms with van der Waals surface area (Å²) in [5.41, 5.74) is 7.64. The molecule has 0 heterocycles. The molecule has 21 heavy (non-hydrogen) atoms. The Bertz CT molecular complexity index is 773. The summed E-state index contributed by atoms with van der Waals surface area (Å²) in [6.45, 7) is 3.78. The van der Waals surface area contributed by atoms with E-state index in [-0.39, 0.29) is 10.6 Å². The number of benzene rings is 2. The molecule has 0 aliphatic heterocycles. The largest absolute Gasteiger partial charge is 0.326 e. The number of sulfonamides is 1. The van der Waals surface area contributed by atoms with Crippen molar-refractivity contribution in [2.45, 2.75) is 25.3 Å². The summed E-state index contributed by atoms with van der Waals surface area (Å²) >= 11 is 0. The first kappa shape index (κ1) is 15.5. The second-order valence-electron chi connectivity index (χ2n) is 4.89. The molecule has 0 unspecified atom stereocenters. The maximum atomic E-state index is 13.7. The summed E-state index contributed by atoms with van der Waals surface area (Å²) in [6, 6.07) is 9.10. The molecule has 0 amide bonds. The summed E-state index contributed by atoms with van der Waals surface area (Å²) in [6.07, 6.45) is 0. The van der Waals surface area contributed by atoms with Gasteiger partial charge in [-0.2, -0.15) is 0 Å². The normalized spacial score (nSPS) is 11.4. The molecule has 0 saturated heterocycles. The zero-order valence-electron chi connectivity index (χ0n) is 11.9. The molecule has 0 aliphatic carbocycles. The Labute approximate surface area is 123 Å². The Balaban J connectivity index is 2.41. The van der Waals surface area contributed by atoms with Crippen molar-refractivity contribution in [2.24, 2.45) is 5.73 Å². The van der Waals surface area contributed by atoms with Gasteiger partial charge in [0.2, 0.25) is 0 Å². The van der Waals surface area contributed by atoms with E-state index in [4.69, 9.17) is 5.73 Å². The fraction of sp³-hybridized carbons (Fsp3) is 0.200. The van der Waals surface area contributed by atoms with Gasteiger partial charge >= 0.3 is 0 Å². The highest BCUT2D eigenvalue weighted by atomic mass is 32.2. The third-order valence-electron chi connectivity index (χ3n) is 3.13. The van der Waals surface area contributed by atoms with Gasteiger partial charge in [-0.05, 0) is 48.7 Å². The lowest BCUT2D eigenvalue weighted by molar-refractivity contribution is 0.598. The molecule has 2 rings (SSSR count). The Hall–Kier alpha value is -1.92. The fourth-order valence-electron chi connectivity index (χ4n) is 2.06. The summed E-state index contributed by atoms with van der Waals surface area (Å²) in [5.74, 6) is -0.611. The van der Waals surface area contributed by atoms with Gasteiger partial charge in [0.05, 0.1) is 10.6 Å². The molecule has 4 nitrogen and oxygen atoms in total. The van der Waals surface area contributed by atoms with Crippen molar-refractivity contribution in [3.8, 4) is 0 Å². The quantitative estimate of drug-likeness (QED) is 0.912. The van der Waals surface area contributed by atoms with E-state index in [1.54, 1.807) is 32.0 Å². The summed E-state index contributed by atoms with van der Waals surface area (Å²) in [5, 5.41) is 0. The number of halogens is 1. The lowest BCUT2D eigenvalue weighted by atomic mass is 10.1. The monoisotopic (exact) mass is 308 g/mol. The fourth-order valence-corrected chi connectivity index (χ4v) is 3.34. The Kier molecular flexibility index (Phi) is 4.29. The third-order valence-corrected chi connectivity index (χ3v) is 4.66. The lowest BCUT2D eigenvalue weighted by Gasteiger charge is -2.12. The van der Waals surface area contributed by atoms with Crippen molar-refractivity contribution >= 4 is 15.7 Å². The number of hydrogen-bond donors (Lipinski definition) is 2. The predicted molar refractivity (Wildman–Crippen MR) is 81.0 cm³/mol. The van der Waals surface area contributed by atoms with E-state index in [1.807, 2.05) is 0 Å². The topological polar surface area (TPSA) is 72.2 Å². The van der Waals surface area contributed by atoms with Crippen molar-refractivity contribution in [3.63, 3.8) is 0 Å². The number of nitrogens with one attached hydrogen (secondary N) is 1. The molecule has 0 bridgehead atoms. The van der Waals surface area contributed by atoms with E-state index < -0.39 is 15.8 Å². The van der Waals surface area contributed by atoms with Crippen LogP contribution in [0, 0.1) is 19.7 Å². The van der Waals surface area contributed by atoms with Gasteiger partial charge < -0.3 is 5.73 Å². The summed E-state index contributed by atoms with van der Waals surface area (Å²) in [7, 11) is -3.84. The van der Waals surface area contributed by atoms with Gasteiger partial charge in [-0.25, -0.2) is 12.8 Å². The zero-order valence-corrected chi connectivity index (χ0v) is 12.7. The van der Waals surface area contributed by atoms with Gasteiger partial charge in [0.1, 0.15) is 5.82 Å². The molecule has 6 heteroatoms. The average Bonchev–Trinajstić information content (AvgIpc) is 2.42. The molecule has 2 aromatic rings. The first-order valence-electron chi connectivity index (χ1n) is 6.42. The molecule has 0 radical (unpaired) electrons. The summed E-state index contributed by atoms with van der Waals surface area (Å²) in [4.78, 5) is 0.112. The van der Waals surface area contributed by atoms with E-state index in [1.165, 1.54) is 18.2 Å². The number of hydrogen-bond acceptors (Lipinski definition) is 3. The maximum absolute atomic E-state index is 13.7. The van der Waals surface area contributed by atoms with Crippen LogP contribution in [0.25, 0.3) is 0 Å². The second kappa shape index (κ2) is 5.83. The number of anilines is 1. The predicted octanol–water partition coefficient (Wildman–Crippen LogP) is 2.70. The minimum Gasteiger partial charge on any atom is -0.326 e. The van der Waals surface area contributed by atoms with Crippen LogP contribution in [0.15, 0.2) is 41.3 Å². The second-order valence-corrected chi connectivity index (χ2v) is 6.54. The smallest absolute Gasteiger partial charge is 0.262 e. The van der Waals surface area contributed by atoms with Crippen LogP contribution in [-0.2, 0) is 16.6 Å². The van der Waals surface area contributed by atoms with E-state index in [9.17, 15) is 12.8 Å². The summed E-state index contributed by atoms with van der Waals surface area (Å²) < 4.78 is 40.7. The molecular formula is C15H17FN2O2S. The standard InChI is InChI=1S/C15H17FN2O2S/c1-10-3-5-13(16)14(7-10)18-21(19,20)15-6-4-12(9-17)8-11(15)2/h3-8,18H,9,17H2,1-2H3. The van der Waals surface area contributed by atoms with Crippen LogP contribution in [0.3, 0.4) is 0 Å². The van der Waals surface area contributed by atoms with Gasteiger partial charge in [0, 0.05) is 6.54 Å². The lowest BCUT2D eigenvalue weighted by Crippen LogP contribution is -2.15. The highest BCUT2D eigenvalue weighted by Crippen LogP contribution is 2.23. The maximum Gasteiger partial charge on any atom is 0.262 e. The van der Waals surface area contributed by atoms with Crippen LogP contribution in [0.5, 0.6) is 0 Å². The van der Waals surface area contributed by atoms with E-state index in [2.05, 4.69) is 4.72 Å². The molecular weight excluding hydrogens is 291 g/mol. The van der Waals surface area contributed by atoms with Crippen LogP contribution in [0.1, 0.15) is 16.7 Å². The van der Waals surface area contributed by atoms with E-state index in [0.29, 0.717) is 12.1 Å². The van der Waals surface area contributed by atoms with Gasteiger partial charge in [0.25, 0.3) is 10.0 Å². The van der Waals surface area contributed by atoms with Gasteiger partial charge in [-0.1, -0.05) is 18.2 Å². The molecule has 0 aromatic heterocycles. The average molecular weight is 308 g/mol. The number of nitrogens with two attached hydrogens (primary N) is 1. The molecule has 0 atom stereocenters. The number of aryl methyl sites for hydroxylation is 2. The van der Waals surface area contributed by atoms with Crippen LogP contribution in [-0.4, -0.2) is 8.42 Å². The molecule has 0 spiro atoms. The molecule has 3 N–H and O–H groups in total. The SMILES string of the molecule is Cc1ccc(F)c(NS(=O)(=O)c2ccc(CN)cc2C)c1. The first-order valence-corrected chi connectivity index (χ1v) is 7.90. The van der Waals surface area contributed by atoms with E-state index in [0.717, 1.165) is 11.1 Å². The van der Waals surface area contributed by atoms with Crippen LogP contribution < -0.4 is 10.5 Å². The molecule has 0 aliphatic rings. The molecule has 0 fully saturated rings. The van der Waals surface area contributed by atoms with Crippen molar-refractivity contribution in [2.75, 3.05) is 4.72 Å². The van der Waals surface area contributed by atoms with Crippen molar-refractivity contribution in [3.05, 3.63) is 58.9 Å². The van der Waals surface area contributed by atoms with Gasteiger partial charge in [-0.15, -0.1) is 0 Å². The zero-order chi connectivity index (χ0) is 15.6. The van der Waals surface area contributed by atoms with Gasteiger partial charge in [-0.3, -0.25) is 4.72 Å². The van der Waals surface area contributed by atoms with Crippen molar-refractivity contribution in [1.82, 2.24) is 0 Å². The van der Waals surface area contributed by atoms with E-state index >= 15 is 0 Å². The third kappa shape index (κ3) is 3.40. The van der Waals surface area contributed by atoms with Crippen LogP contribution >= 0.6 is 0 Å². The Morgan fingerprint density at radius 3 is 2.48 bits per heavy atom. The first-order chi connectivity index (χ1) is 9.83. The minimum absolute atomic E-state index is 0.0581. The Morgan fingerprint density at radius 1 is 1.14 bits per heavy atom. The van der Waals surface area contributed by atoms with Gasteiger partial charge in [0.15, 0.2) is 0 Å². The highest BCUT2D eigenvalue weighted by Gasteiger charge is 2.18. The molecule has 112 valence electrons. The van der Waals surface area contributed by atoms with Crippen molar-refractivity contribution in [1.29, 1.82) is 0 Å². The molecule has 0 saturated carbocycles. The van der Waals surface area contributed by atoms with Crippen molar-refractivity contribution < 1.29 is 12.8 Å². The number of rotatable bonds is 4. The Morgan fingerprint density at radius 2 is 1.86 bits per heavy atom.